The average molecular weight is 544 g/mol. The Hall–Kier alpha value is -2.31. The summed E-state index contributed by atoms with van der Waals surface area (Å²) >= 11 is 12.6. The van der Waals surface area contributed by atoms with Gasteiger partial charge in [-0.25, -0.2) is 4.98 Å². The van der Waals surface area contributed by atoms with Gasteiger partial charge in [0.2, 0.25) is 11.8 Å². The molecule has 0 radical (unpaired) electrons. The van der Waals surface area contributed by atoms with E-state index in [0.29, 0.717) is 36.2 Å². The van der Waals surface area contributed by atoms with Crippen LogP contribution in [0.4, 0.5) is 5.82 Å². The van der Waals surface area contributed by atoms with Crippen LogP contribution in [-0.2, 0) is 9.59 Å². The lowest BCUT2D eigenvalue weighted by atomic mass is 9.88. The predicted molar refractivity (Wildman–Crippen MR) is 148 cm³/mol. The molecule has 3 heterocycles. The van der Waals surface area contributed by atoms with Crippen LogP contribution in [0.3, 0.4) is 0 Å². The summed E-state index contributed by atoms with van der Waals surface area (Å²) < 4.78 is 0. The second-order valence-corrected chi connectivity index (χ2v) is 12.3. The zero-order valence-electron chi connectivity index (χ0n) is 21.9. The highest BCUT2D eigenvalue weighted by Gasteiger charge is 2.48. The first-order valence-electron chi connectivity index (χ1n) is 13.3. The molecule has 3 aliphatic rings. The summed E-state index contributed by atoms with van der Waals surface area (Å²) in [4.78, 5) is 37.2. The van der Waals surface area contributed by atoms with Gasteiger partial charge in [-0.1, -0.05) is 42.3 Å². The third-order valence-corrected chi connectivity index (χ3v) is 9.31. The predicted octanol–water partition coefficient (Wildman–Crippen LogP) is 5.41. The molecule has 2 saturated heterocycles. The Morgan fingerprint density at radius 1 is 1.05 bits per heavy atom. The topological polar surface area (TPSA) is 56.8 Å². The van der Waals surface area contributed by atoms with Crippen LogP contribution < -0.4 is 4.90 Å². The summed E-state index contributed by atoms with van der Waals surface area (Å²) in [5, 5.41) is 1.08. The highest BCUT2D eigenvalue weighted by Crippen LogP contribution is 2.47. The number of nitrogens with zero attached hydrogens (tertiary/aromatic N) is 4. The van der Waals surface area contributed by atoms with E-state index < -0.39 is 0 Å². The van der Waals surface area contributed by atoms with Crippen molar-refractivity contribution in [2.24, 2.45) is 17.3 Å². The van der Waals surface area contributed by atoms with Crippen molar-refractivity contribution in [1.82, 2.24) is 14.8 Å². The first kappa shape index (κ1) is 26.3. The molecule has 6 nitrogen and oxygen atoms in total. The Morgan fingerprint density at radius 3 is 2.41 bits per heavy atom. The number of piperidine rings is 1. The molecular weight excluding hydrogens is 507 g/mol. The third-order valence-electron chi connectivity index (χ3n) is 8.57. The summed E-state index contributed by atoms with van der Waals surface area (Å²) in [5.74, 6) is 1.76. The van der Waals surface area contributed by atoms with E-state index in [1.807, 2.05) is 47.2 Å². The Bertz CT molecular complexity index is 1160. The number of amides is 2. The molecule has 0 N–H and O–H groups in total. The molecule has 37 heavy (non-hydrogen) atoms. The highest BCUT2D eigenvalue weighted by molar-refractivity contribution is 6.42. The smallest absolute Gasteiger partial charge is 0.228 e. The van der Waals surface area contributed by atoms with Gasteiger partial charge in [0.15, 0.2) is 0 Å². The fraction of sp³-hybridized carbons (Fsp3) is 0.552. The fourth-order valence-corrected chi connectivity index (χ4v) is 6.17. The van der Waals surface area contributed by atoms with Crippen molar-refractivity contribution in [2.75, 3.05) is 44.7 Å². The number of likely N-dealkylation sites (tertiary alicyclic amines) is 2. The van der Waals surface area contributed by atoms with E-state index in [1.54, 1.807) is 0 Å². The van der Waals surface area contributed by atoms with Crippen molar-refractivity contribution >= 4 is 40.8 Å². The van der Waals surface area contributed by atoms with E-state index >= 15 is 0 Å². The van der Waals surface area contributed by atoms with Gasteiger partial charge in [-0.05, 0) is 61.9 Å². The number of benzene rings is 1. The highest BCUT2D eigenvalue weighted by atomic mass is 35.5. The standard InChI is InChI=1S/C29H36Cl2N4O2/c1-19-4-7-26(32-15-19)33(3)16-22-17-35(18-23(22)21-5-6-24(30)25(31)14-21)27(36)20-8-12-34(13-9-20)28(37)29(2)10-11-29/h4-7,14-15,20,22-23H,8-13,16-18H2,1-3H3/t22-,23+/m0/s1. The number of rotatable bonds is 6. The minimum absolute atomic E-state index is 0.0271. The molecule has 1 aliphatic carbocycles. The maximum absolute atomic E-state index is 13.7. The van der Waals surface area contributed by atoms with Crippen LogP contribution >= 0.6 is 23.2 Å². The van der Waals surface area contributed by atoms with Crippen LogP contribution in [0, 0.1) is 24.2 Å². The lowest BCUT2D eigenvalue weighted by molar-refractivity contribution is -0.142. The van der Waals surface area contributed by atoms with Crippen LogP contribution in [0.1, 0.15) is 49.7 Å². The molecule has 5 rings (SSSR count). The molecule has 2 atom stereocenters. The SMILES string of the molecule is Cc1ccc(N(C)C[C@H]2CN(C(=O)C3CCN(C(=O)C4(C)CC4)CC3)C[C@@H]2c2ccc(Cl)c(Cl)c2)nc1. The van der Waals surface area contributed by atoms with Gasteiger partial charge in [-0.2, -0.15) is 0 Å². The van der Waals surface area contributed by atoms with Gasteiger partial charge >= 0.3 is 0 Å². The maximum Gasteiger partial charge on any atom is 0.228 e. The monoisotopic (exact) mass is 542 g/mol. The van der Waals surface area contributed by atoms with Crippen LogP contribution in [0.15, 0.2) is 36.5 Å². The largest absolute Gasteiger partial charge is 0.359 e. The van der Waals surface area contributed by atoms with Crippen molar-refractivity contribution in [3.05, 3.63) is 57.7 Å². The fourth-order valence-electron chi connectivity index (χ4n) is 5.86. The Labute approximate surface area is 229 Å². The van der Waals surface area contributed by atoms with E-state index in [-0.39, 0.29) is 35.0 Å². The van der Waals surface area contributed by atoms with Gasteiger partial charge in [0, 0.05) is 69.1 Å². The number of aryl methyl sites for hydroxylation is 1. The molecule has 2 amide bonds. The van der Waals surface area contributed by atoms with E-state index in [4.69, 9.17) is 23.2 Å². The maximum atomic E-state index is 13.7. The molecule has 1 aromatic heterocycles. The number of hydrogen-bond acceptors (Lipinski definition) is 4. The van der Waals surface area contributed by atoms with Crippen molar-refractivity contribution in [3.8, 4) is 0 Å². The van der Waals surface area contributed by atoms with Gasteiger partial charge in [-0.3, -0.25) is 9.59 Å². The molecule has 1 saturated carbocycles. The minimum Gasteiger partial charge on any atom is -0.359 e. The van der Waals surface area contributed by atoms with Gasteiger partial charge in [0.05, 0.1) is 10.0 Å². The molecule has 1 aromatic carbocycles. The Balaban J connectivity index is 1.29. The summed E-state index contributed by atoms with van der Waals surface area (Å²) in [7, 11) is 2.06. The van der Waals surface area contributed by atoms with Crippen LogP contribution in [-0.4, -0.2) is 66.4 Å². The van der Waals surface area contributed by atoms with Crippen molar-refractivity contribution < 1.29 is 9.59 Å². The summed E-state index contributed by atoms with van der Waals surface area (Å²) in [6.07, 6.45) is 5.34. The lowest BCUT2D eigenvalue weighted by Gasteiger charge is -2.34. The molecule has 198 valence electrons. The third kappa shape index (κ3) is 5.61. The molecule has 3 fully saturated rings. The van der Waals surface area contributed by atoms with E-state index in [2.05, 4.69) is 29.9 Å². The number of halogens is 2. The second kappa shape index (κ2) is 10.5. The second-order valence-electron chi connectivity index (χ2n) is 11.5. The molecule has 0 bridgehead atoms. The summed E-state index contributed by atoms with van der Waals surface area (Å²) in [6.45, 7) is 7.58. The number of carbonyl (C=O) groups excluding carboxylic acids is 2. The number of anilines is 1. The lowest BCUT2D eigenvalue weighted by Crippen LogP contribution is -2.46. The quantitative estimate of drug-likeness (QED) is 0.489. The zero-order chi connectivity index (χ0) is 26.3. The molecule has 0 unspecified atom stereocenters. The molecule has 2 aromatic rings. The summed E-state index contributed by atoms with van der Waals surface area (Å²) in [6, 6.07) is 9.94. The Morgan fingerprint density at radius 2 is 1.78 bits per heavy atom. The number of hydrogen-bond donors (Lipinski definition) is 0. The van der Waals surface area contributed by atoms with Gasteiger partial charge < -0.3 is 14.7 Å². The number of pyridine rings is 1. The first-order valence-corrected chi connectivity index (χ1v) is 14.1. The van der Waals surface area contributed by atoms with Gasteiger partial charge in [0.1, 0.15) is 5.82 Å². The van der Waals surface area contributed by atoms with Crippen molar-refractivity contribution in [3.63, 3.8) is 0 Å². The van der Waals surface area contributed by atoms with Crippen LogP contribution in [0.2, 0.25) is 10.0 Å². The van der Waals surface area contributed by atoms with E-state index in [1.165, 1.54) is 0 Å². The van der Waals surface area contributed by atoms with Crippen molar-refractivity contribution in [2.45, 2.75) is 45.4 Å². The van der Waals surface area contributed by atoms with Gasteiger partial charge in [-0.15, -0.1) is 0 Å². The van der Waals surface area contributed by atoms with E-state index in [0.717, 1.165) is 49.2 Å². The molecule has 2 aliphatic heterocycles. The molecular formula is C29H36Cl2N4O2. The molecule has 8 heteroatoms. The summed E-state index contributed by atoms with van der Waals surface area (Å²) in [5.41, 5.74) is 2.09. The van der Waals surface area contributed by atoms with Crippen molar-refractivity contribution in [1.29, 1.82) is 0 Å². The first-order chi connectivity index (χ1) is 17.6. The van der Waals surface area contributed by atoms with Crippen LogP contribution in [0.5, 0.6) is 0 Å². The normalized spacial score (nSPS) is 23.3. The number of aromatic nitrogens is 1. The average Bonchev–Trinajstić information content (AvgIpc) is 3.52. The number of carbonyl (C=O) groups is 2. The minimum atomic E-state index is -0.148. The zero-order valence-corrected chi connectivity index (χ0v) is 23.4. The molecule has 0 spiro atoms. The van der Waals surface area contributed by atoms with Crippen LogP contribution in [0.25, 0.3) is 0 Å². The van der Waals surface area contributed by atoms with Gasteiger partial charge in [0.25, 0.3) is 0 Å². The Kier molecular flexibility index (Phi) is 7.43. The van der Waals surface area contributed by atoms with E-state index in [9.17, 15) is 9.59 Å².